The van der Waals surface area contributed by atoms with Crippen molar-refractivity contribution in [1.29, 1.82) is 0 Å². The van der Waals surface area contributed by atoms with Crippen molar-refractivity contribution in [2.75, 3.05) is 6.61 Å². The van der Waals surface area contributed by atoms with Crippen LogP contribution >= 0.6 is 11.6 Å². The van der Waals surface area contributed by atoms with Crippen molar-refractivity contribution in [3.8, 4) is 28.7 Å². The minimum absolute atomic E-state index is 0.434. The van der Waals surface area contributed by atoms with Crippen LogP contribution in [-0.2, 0) is 0 Å². The number of ether oxygens (including phenoxy) is 1. The average molecular weight is 301 g/mol. The fraction of sp³-hybridized carbons (Fsp3) is 0.125. The van der Waals surface area contributed by atoms with E-state index in [-0.39, 0.29) is 0 Å². The summed E-state index contributed by atoms with van der Waals surface area (Å²) in [6, 6.07) is 14.8. The lowest BCUT2D eigenvalue weighted by atomic mass is 10.2. The highest BCUT2D eigenvalue weighted by atomic mass is 35.5. The summed E-state index contributed by atoms with van der Waals surface area (Å²) in [6.07, 6.45) is 0. The van der Waals surface area contributed by atoms with Gasteiger partial charge < -0.3 is 9.15 Å². The van der Waals surface area contributed by atoms with Crippen LogP contribution in [0.4, 0.5) is 0 Å². The third-order valence-electron chi connectivity index (χ3n) is 2.93. The summed E-state index contributed by atoms with van der Waals surface area (Å²) < 4.78 is 11.3. The second-order valence-electron chi connectivity index (χ2n) is 4.35. The zero-order chi connectivity index (χ0) is 14.7. The van der Waals surface area contributed by atoms with Crippen LogP contribution in [0.25, 0.3) is 22.9 Å². The summed E-state index contributed by atoms with van der Waals surface area (Å²) in [4.78, 5) is 0. The minimum Gasteiger partial charge on any atom is -0.493 e. The Hall–Kier alpha value is -2.33. The van der Waals surface area contributed by atoms with Gasteiger partial charge in [-0.1, -0.05) is 23.7 Å². The molecule has 0 amide bonds. The highest BCUT2D eigenvalue weighted by Gasteiger charge is 2.14. The molecule has 0 bridgehead atoms. The molecule has 0 saturated carbocycles. The number of rotatable bonds is 4. The van der Waals surface area contributed by atoms with E-state index >= 15 is 0 Å². The predicted molar refractivity (Wildman–Crippen MR) is 81.3 cm³/mol. The normalized spacial score (nSPS) is 10.6. The maximum Gasteiger partial charge on any atom is 0.251 e. The molecule has 0 unspecified atom stereocenters. The minimum atomic E-state index is 0.434. The third kappa shape index (κ3) is 2.90. The van der Waals surface area contributed by atoms with Gasteiger partial charge in [0.15, 0.2) is 0 Å². The fourth-order valence-electron chi connectivity index (χ4n) is 1.97. The van der Waals surface area contributed by atoms with Crippen molar-refractivity contribution >= 4 is 11.6 Å². The Morgan fingerprint density at radius 1 is 1.00 bits per heavy atom. The Morgan fingerprint density at radius 3 is 2.48 bits per heavy atom. The summed E-state index contributed by atoms with van der Waals surface area (Å²) in [5.41, 5.74) is 1.61. The van der Waals surface area contributed by atoms with Gasteiger partial charge in [-0.3, -0.25) is 0 Å². The SMILES string of the molecule is CCOc1ccccc1-c1nnc(-c2ccc(Cl)cc2)o1. The molecule has 5 heteroatoms. The molecule has 3 rings (SSSR count). The lowest BCUT2D eigenvalue weighted by Gasteiger charge is -2.06. The molecule has 0 atom stereocenters. The number of hydrogen-bond donors (Lipinski definition) is 0. The van der Waals surface area contributed by atoms with Gasteiger partial charge in [0.05, 0.1) is 12.2 Å². The lowest BCUT2D eigenvalue weighted by Crippen LogP contribution is -1.93. The first-order chi connectivity index (χ1) is 10.3. The second-order valence-corrected chi connectivity index (χ2v) is 4.78. The monoisotopic (exact) mass is 300 g/mol. The molecule has 3 aromatic rings. The smallest absolute Gasteiger partial charge is 0.251 e. The molecule has 0 fully saturated rings. The summed E-state index contributed by atoms with van der Waals surface area (Å²) in [6.45, 7) is 2.51. The number of benzene rings is 2. The van der Waals surface area contributed by atoms with Gasteiger partial charge in [-0.25, -0.2) is 0 Å². The molecule has 0 spiro atoms. The van der Waals surface area contributed by atoms with E-state index < -0.39 is 0 Å². The molecule has 0 aliphatic heterocycles. The number of aromatic nitrogens is 2. The molecule has 4 nitrogen and oxygen atoms in total. The standard InChI is InChI=1S/C16H13ClN2O2/c1-2-20-14-6-4-3-5-13(14)16-19-18-15(21-16)11-7-9-12(17)10-8-11/h3-10H,2H2,1H3. The summed E-state index contributed by atoms with van der Waals surface area (Å²) in [5.74, 6) is 1.61. The van der Waals surface area contributed by atoms with Crippen molar-refractivity contribution < 1.29 is 9.15 Å². The molecule has 0 N–H and O–H groups in total. The Bertz CT molecular complexity index is 738. The van der Waals surface area contributed by atoms with Crippen LogP contribution in [0.1, 0.15) is 6.92 Å². The number of halogens is 1. The Kier molecular flexibility index (Phi) is 3.88. The third-order valence-corrected chi connectivity index (χ3v) is 3.19. The second kappa shape index (κ2) is 5.97. The topological polar surface area (TPSA) is 48.2 Å². The highest BCUT2D eigenvalue weighted by Crippen LogP contribution is 2.31. The first-order valence-corrected chi connectivity index (χ1v) is 6.97. The van der Waals surface area contributed by atoms with E-state index in [1.165, 1.54) is 0 Å². The molecular formula is C16H13ClN2O2. The first-order valence-electron chi connectivity index (χ1n) is 6.59. The zero-order valence-electron chi connectivity index (χ0n) is 11.4. The lowest BCUT2D eigenvalue weighted by molar-refractivity contribution is 0.340. The molecule has 106 valence electrons. The molecule has 0 aliphatic carbocycles. The van der Waals surface area contributed by atoms with E-state index in [9.17, 15) is 0 Å². The van der Waals surface area contributed by atoms with Gasteiger partial charge in [-0.2, -0.15) is 0 Å². The van der Waals surface area contributed by atoms with E-state index in [1.807, 2.05) is 43.3 Å². The maximum absolute atomic E-state index is 5.87. The molecule has 21 heavy (non-hydrogen) atoms. The Balaban J connectivity index is 1.97. The van der Waals surface area contributed by atoms with Gasteiger partial charge >= 0.3 is 0 Å². The van der Waals surface area contributed by atoms with Gasteiger partial charge in [-0.15, -0.1) is 10.2 Å². The summed E-state index contributed by atoms with van der Waals surface area (Å²) >= 11 is 5.87. The number of para-hydroxylation sites is 1. The average Bonchev–Trinajstić information content (AvgIpc) is 2.99. The van der Waals surface area contributed by atoms with Crippen LogP contribution in [0.2, 0.25) is 5.02 Å². The van der Waals surface area contributed by atoms with Gasteiger partial charge in [0.25, 0.3) is 5.89 Å². The quantitative estimate of drug-likeness (QED) is 0.714. The first kappa shape index (κ1) is 13.6. The highest BCUT2D eigenvalue weighted by molar-refractivity contribution is 6.30. The van der Waals surface area contributed by atoms with Crippen LogP contribution in [0.3, 0.4) is 0 Å². The molecule has 0 aliphatic rings. The number of nitrogens with zero attached hydrogens (tertiary/aromatic N) is 2. The summed E-state index contributed by atoms with van der Waals surface area (Å²) in [5, 5.41) is 8.84. The largest absolute Gasteiger partial charge is 0.493 e. The van der Waals surface area contributed by atoms with Gasteiger partial charge in [0, 0.05) is 10.6 Å². The molecule has 1 heterocycles. The van der Waals surface area contributed by atoms with Gasteiger partial charge in [-0.05, 0) is 43.3 Å². The van der Waals surface area contributed by atoms with Crippen LogP contribution in [0.5, 0.6) is 5.75 Å². The fourth-order valence-corrected chi connectivity index (χ4v) is 2.09. The van der Waals surface area contributed by atoms with Crippen molar-refractivity contribution in [2.45, 2.75) is 6.92 Å². The summed E-state index contributed by atoms with van der Waals surface area (Å²) in [7, 11) is 0. The van der Waals surface area contributed by atoms with Crippen molar-refractivity contribution in [3.05, 3.63) is 53.6 Å². The Labute approximate surface area is 127 Å². The maximum atomic E-state index is 5.87. The van der Waals surface area contributed by atoms with E-state index in [1.54, 1.807) is 12.1 Å². The van der Waals surface area contributed by atoms with Crippen molar-refractivity contribution in [2.24, 2.45) is 0 Å². The number of hydrogen-bond acceptors (Lipinski definition) is 4. The van der Waals surface area contributed by atoms with Crippen LogP contribution < -0.4 is 4.74 Å². The molecule has 0 saturated heterocycles. The van der Waals surface area contributed by atoms with Crippen molar-refractivity contribution in [3.63, 3.8) is 0 Å². The molecule has 1 aromatic heterocycles. The van der Waals surface area contributed by atoms with E-state index in [4.69, 9.17) is 20.8 Å². The Morgan fingerprint density at radius 2 is 1.71 bits per heavy atom. The van der Waals surface area contributed by atoms with Gasteiger partial charge in [0.2, 0.25) is 5.89 Å². The van der Waals surface area contributed by atoms with Gasteiger partial charge in [0.1, 0.15) is 5.75 Å². The molecule has 0 radical (unpaired) electrons. The van der Waals surface area contributed by atoms with Crippen molar-refractivity contribution in [1.82, 2.24) is 10.2 Å². The molecular weight excluding hydrogens is 288 g/mol. The molecule has 2 aromatic carbocycles. The van der Waals surface area contributed by atoms with E-state index in [2.05, 4.69) is 10.2 Å². The van der Waals surface area contributed by atoms with Crippen LogP contribution in [0.15, 0.2) is 52.9 Å². The van der Waals surface area contributed by atoms with Crippen LogP contribution in [-0.4, -0.2) is 16.8 Å². The zero-order valence-corrected chi connectivity index (χ0v) is 12.2. The van der Waals surface area contributed by atoms with Crippen LogP contribution in [0, 0.1) is 0 Å². The predicted octanol–water partition coefficient (Wildman–Crippen LogP) is 4.46. The van der Waals surface area contributed by atoms with E-state index in [0.29, 0.717) is 23.4 Å². The van der Waals surface area contributed by atoms with E-state index in [0.717, 1.165) is 16.9 Å².